The third-order valence-electron chi connectivity index (χ3n) is 3.16. The molecule has 1 aliphatic heterocycles. The highest BCUT2D eigenvalue weighted by atomic mass is 16.5. The molecule has 0 radical (unpaired) electrons. The molecule has 0 spiro atoms. The van der Waals surface area contributed by atoms with Gasteiger partial charge in [0, 0.05) is 25.2 Å². The van der Waals surface area contributed by atoms with Crippen LogP contribution in [0.25, 0.3) is 11.0 Å². The van der Waals surface area contributed by atoms with E-state index in [-0.39, 0.29) is 12.6 Å². The van der Waals surface area contributed by atoms with Crippen LogP contribution in [0.2, 0.25) is 0 Å². The molecule has 1 unspecified atom stereocenters. The molecule has 1 aromatic heterocycles. The number of benzene rings is 1. The fraction of sp³-hybridized carbons (Fsp3) is 0.462. The summed E-state index contributed by atoms with van der Waals surface area (Å²) < 4.78 is 11.3. The highest BCUT2D eigenvalue weighted by Gasteiger charge is 2.16. The second kappa shape index (κ2) is 5.07. The van der Waals surface area contributed by atoms with Crippen LogP contribution in [0.15, 0.2) is 12.1 Å². The molecule has 1 aliphatic rings. The largest absolute Gasteiger partial charge is 0.489 e. The van der Waals surface area contributed by atoms with Crippen molar-refractivity contribution in [3.8, 4) is 11.5 Å². The molecule has 0 bridgehead atoms. The zero-order chi connectivity index (χ0) is 13.2. The number of hydrogen-bond acceptors (Lipinski definition) is 5. The summed E-state index contributed by atoms with van der Waals surface area (Å²) in [6.07, 6.45) is 1.36. The maximum Gasteiger partial charge on any atom is 0.163 e. The first kappa shape index (κ1) is 12.3. The zero-order valence-electron chi connectivity index (χ0n) is 10.6. The van der Waals surface area contributed by atoms with E-state index in [1.54, 1.807) is 0 Å². The average molecular weight is 263 g/mol. The molecule has 0 saturated carbocycles. The lowest BCUT2D eigenvalue weighted by Crippen LogP contribution is -2.13. The van der Waals surface area contributed by atoms with Gasteiger partial charge in [-0.15, -0.1) is 0 Å². The van der Waals surface area contributed by atoms with E-state index in [2.05, 4.69) is 9.97 Å². The van der Waals surface area contributed by atoms with Gasteiger partial charge in [0.1, 0.15) is 5.82 Å². The number of aliphatic hydroxyl groups is 1. The summed E-state index contributed by atoms with van der Waals surface area (Å²) in [5.41, 5.74) is 7.60. The van der Waals surface area contributed by atoms with Crippen LogP contribution in [-0.2, 0) is 0 Å². The Labute approximate surface area is 110 Å². The fourth-order valence-electron chi connectivity index (χ4n) is 2.14. The number of fused-ring (bicyclic) bond motifs is 2. The molecular weight excluding hydrogens is 246 g/mol. The molecular formula is C13H17N3O3. The summed E-state index contributed by atoms with van der Waals surface area (Å²) >= 11 is 0. The Morgan fingerprint density at radius 2 is 2.05 bits per heavy atom. The van der Waals surface area contributed by atoms with Crippen LogP contribution in [0.5, 0.6) is 11.5 Å². The Balaban J connectivity index is 1.99. The number of H-pyrrole nitrogens is 1. The summed E-state index contributed by atoms with van der Waals surface area (Å²) in [5.74, 6) is 2.12. The fourth-order valence-corrected chi connectivity index (χ4v) is 2.14. The Morgan fingerprint density at radius 1 is 1.32 bits per heavy atom. The third kappa shape index (κ3) is 2.36. The van der Waals surface area contributed by atoms with Crippen LogP contribution in [0.1, 0.15) is 24.7 Å². The van der Waals surface area contributed by atoms with Gasteiger partial charge >= 0.3 is 0 Å². The molecule has 2 heterocycles. The predicted molar refractivity (Wildman–Crippen MR) is 70.3 cm³/mol. The number of nitrogens with one attached hydrogen (secondary N) is 1. The second-order valence-electron chi connectivity index (χ2n) is 4.61. The number of hydrogen-bond donors (Lipinski definition) is 3. The van der Waals surface area contributed by atoms with Crippen LogP contribution in [0.4, 0.5) is 0 Å². The van der Waals surface area contributed by atoms with E-state index in [0.29, 0.717) is 25.5 Å². The van der Waals surface area contributed by atoms with E-state index in [4.69, 9.17) is 20.3 Å². The van der Waals surface area contributed by atoms with Gasteiger partial charge in [-0.25, -0.2) is 4.98 Å². The minimum Gasteiger partial charge on any atom is -0.489 e. The molecule has 0 amide bonds. The van der Waals surface area contributed by atoms with Crippen molar-refractivity contribution in [2.45, 2.75) is 18.9 Å². The third-order valence-corrected chi connectivity index (χ3v) is 3.16. The standard InChI is InChI=1S/C13H17N3O3/c14-8(2-3-17)13-15-9-6-11-12(7-10(9)16-13)19-5-1-4-18-11/h6-8,17H,1-5,14H2,(H,15,16). The first-order valence-electron chi connectivity index (χ1n) is 6.43. The van der Waals surface area contributed by atoms with Crippen molar-refractivity contribution in [2.75, 3.05) is 19.8 Å². The lowest BCUT2D eigenvalue weighted by Gasteiger charge is -2.05. The maximum atomic E-state index is 8.92. The minimum absolute atomic E-state index is 0.0426. The summed E-state index contributed by atoms with van der Waals surface area (Å²) in [6.45, 7) is 1.35. The Hall–Kier alpha value is -1.79. The van der Waals surface area contributed by atoms with Crippen molar-refractivity contribution >= 4 is 11.0 Å². The highest BCUT2D eigenvalue weighted by Crippen LogP contribution is 2.33. The molecule has 4 N–H and O–H groups in total. The van der Waals surface area contributed by atoms with Gasteiger partial charge in [0.15, 0.2) is 11.5 Å². The van der Waals surface area contributed by atoms with Gasteiger partial charge in [-0.1, -0.05) is 0 Å². The van der Waals surface area contributed by atoms with Crippen LogP contribution < -0.4 is 15.2 Å². The van der Waals surface area contributed by atoms with Gasteiger partial charge in [0.2, 0.25) is 0 Å². The summed E-state index contributed by atoms with van der Waals surface area (Å²) in [6, 6.07) is 3.46. The van der Waals surface area contributed by atoms with Gasteiger partial charge in [-0.3, -0.25) is 0 Å². The van der Waals surface area contributed by atoms with Gasteiger partial charge < -0.3 is 25.3 Å². The molecule has 3 rings (SSSR count). The van der Waals surface area contributed by atoms with Crippen LogP contribution in [-0.4, -0.2) is 34.9 Å². The Kier molecular flexibility index (Phi) is 3.27. The summed E-state index contributed by atoms with van der Waals surface area (Å²) in [7, 11) is 0. The summed E-state index contributed by atoms with van der Waals surface area (Å²) in [4.78, 5) is 7.61. The average Bonchev–Trinajstić information content (AvgIpc) is 2.67. The van der Waals surface area contributed by atoms with Crippen LogP contribution in [0, 0.1) is 0 Å². The van der Waals surface area contributed by atoms with Crippen molar-refractivity contribution in [3.63, 3.8) is 0 Å². The van der Waals surface area contributed by atoms with E-state index >= 15 is 0 Å². The van der Waals surface area contributed by atoms with Crippen molar-refractivity contribution in [1.29, 1.82) is 0 Å². The Morgan fingerprint density at radius 3 is 2.79 bits per heavy atom. The van der Waals surface area contributed by atoms with E-state index in [1.807, 2.05) is 12.1 Å². The number of ether oxygens (including phenoxy) is 2. The SMILES string of the molecule is NC(CCO)c1nc2cc3c(cc2[nH]1)OCCCO3. The highest BCUT2D eigenvalue weighted by molar-refractivity contribution is 5.80. The van der Waals surface area contributed by atoms with Crippen molar-refractivity contribution < 1.29 is 14.6 Å². The lowest BCUT2D eigenvalue weighted by molar-refractivity contribution is 0.275. The monoisotopic (exact) mass is 263 g/mol. The van der Waals surface area contributed by atoms with Crippen molar-refractivity contribution in [3.05, 3.63) is 18.0 Å². The molecule has 0 aliphatic carbocycles. The van der Waals surface area contributed by atoms with Crippen molar-refractivity contribution in [1.82, 2.24) is 9.97 Å². The van der Waals surface area contributed by atoms with E-state index < -0.39 is 0 Å². The number of rotatable bonds is 3. The zero-order valence-corrected chi connectivity index (χ0v) is 10.6. The van der Waals surface area contributed by atoms with Crippen LogP contribution >= 0.6 is 0 Å². The van der Waals surface area contributed by atoms with E-state index in [9.17, 15) is 0 Å². The molecule has 0 saturated heterocycles. The lowest BCUT2D eigenvalue weighted by atomic mass is 10.2. The Bertz CT molecular complexity index is 539. The number of nitrogens with two attached hydrogens (primary N) is 1. The van der Waals surface area contributed by atoms with Crippen molar-refractivity contribution in [2.24, 2.45) is 5.73 Å². The molecule has 19 heavy (non-hydrogen) atoms. The van der Waals surface area contributed by atoms with Crippen LogP contribution in [0.3, 0.4) is 0 Å². The number of imidazole rings is 1. The minimum atomic E-state index is -0.293. The smallest absolute Gasteiger partial charge is 0.163 e. The molecule has 1 atom stereocenters. The number of nitrogens with zero attached hydrogens (tertiary/aromatic N) is 1. The van der Waals surface area contributed by atoms with Gasteiger partial charge in [0.25, 0.3) is 0 Å². The van der Waals surface area contributed by atoms with Gasteiger partial charge in [-0.05, 0) is 6.42 Å². The molecule has 102 valence electrons. The molecule has 0 fully saturated rings. The van der Waals surface area contributed by atoms with E-state index in [0.717, 1.165) is 29.0 Å². The maximum absolute atomic E-state index is 8.92. The number of aliphatic hydroxyl groups excluding tert-OH is 1. The quantitative estimate of drug-likeness (QED) is 0.771. The first-order valence-corrected chi connectivity index (χ1v) is 6.43. The van der Waals surface area contributed by atoms with Gasteiger partial charge in [0.05, 0.1) is 30.3 Å². The number of aromatic nitrogens is 2. The molecule has 6 nitrogen and oxygen atoms in total. The topological polar surface area (TPSA) is 93.4 Å². The molecule has 6 heteroatoms. The molecule has 2 aromatic rings. The van der Waals surface area contributed by atoms with E-state index in [1.165, 1.54) is 0 Å². The summed E-state index contributed by atoms with van der Waals surface area (Å²) in [5, 5.41) is 8.92. The first-order chi connectivity index (χ1) is 9.28. The normalized spacial score (nSPS) is 16.3. The number of aromatic amines is 1. The second-order valence-corrected chi connectivity index (χ2v) is 4.61. The predicted octanol–water partition coefficient (Wildman–Crippen LogP) is 1.11. The molecule has 1 aromatic carbocycles. The van der Waals surface area contributed by atoms with Gasteiger partial charge in [-0.2, -0.15) is 0 Å².